The van der Waals surface area contributed by atoms with Crippen molar-refractivity contribution in [2.45, 2.75) is 26.3 Å². The topological polar surface area (TPSA) is 109 Å². The molecule has 150 valence electrons. The molecule has 1 aliphatic rings. The number of non-ortho nitro benzene ring substituents is 1. The van der Waals surface area contributed by atoms with Gasteiger partial charge in [0.1, 0.15) is 5.75 Å². The monoisotopic (exact) mass is 426 g/mol. The average molecular weight is 427 g/mol. The second kappa shape index (κ2) is 7.56. The molecular weight excluding hydrogens is 408 g/mol. The number of carbonyl (C=O) groups excluding carboxylic acids is 1. The van der Waals surface area contributed by atoms with Crippen molar-refractivity contribution < 1.29 is 22.9 Å². The Balaban J connectivity index is 1.75. The number of ether oxygens (including phenoxy) is 1. The van der Waals surface area contributed by atoms with Gasteiger partial charge in [-0.15, -0.1) is 0 Å². The Morgan fingerprint density at radius 1 is 1.36 bits per heavy atom. The Morgan fingerprint density at radius 2 is 2.07 bits per heavy atom. The van der Waals surface area contributed by atoms with Gasteiger partial charge < -0.3 is 9.30 Å². The molecule has 0 saturated carbocycles. The van der Waals surface area contributed by atoms with Crippen molar-refractivity contribution in [3.63, 3.8) is 0 Å². The van der Waals surface area contributed by atoms with E-state index in [0.717, 1.165) is 11.8 Å². The third-order valence-electron chi connectivity index (χ3n) is 4.84. The molecule has 0 N–H and O–H groups in total. The number of sulfone groups is 1. The van der Waals surface area contributed by atoms with E-state index in [1.54, 1.807) is 13.0 Å². The first-order valence-corrected chi connectivity index (χ1v) is 10.8. The van der Waals surface area contributed by atoms with E-state index in [-0.39, 0.29) is 46.4 Å². The van der Waals surface area contributed by atoms with Gasteiger partial charge in [-0.1, -0.05) is 11.6 Å². The second-order valence-corrected chi connectivity index (χ2v) is 9.43. The van der Waals surface area contributed by atoms with E-state index in [4.69, 9.17) is 16.3 Å². The van der Waals surface area contributed by atoms with E-state index < -0.39 is 14.8 Å². The highest BCUT2D eigenvalue weighted by Crippen LogP contribution is 2.31. The molecule has 1 atom stereocenters. The number of hydrogen-bond acceptors (Lipinski definition) is 6. The first kappa shape index (κ1) is 20.3. The van der Waals surface area contributed by atoms with Gasteiger partial charge in [-0.2, -0.15) is 0 Å². The molecule has 1 aliphatic heterocycles. The highest BCUT2D eigenvalue weighted by Gasteiger charge is 2.31. The van der Waals surface area contributed by atoms with Crippen molar-refractivity contribution in [1.29, 1.82) is 0 Å². The Kier molecular flexibility index (Phi) is 5.49. The van der Waals surface area contributed by atoms with Gasteiger partial charge in [0.05, 0.1) is 21.5 Å². The minimum absolute atomic E-state index is 0.0450. The van der Waals surface area contributed by atoms with Crippen molar-refractivity contribution in [2.75, 3.05) is 18.1 Å². The minimum Gasteiger partial charge on any atom is -0.484 e. The number of hydrogen-bond donors (Lipinski definition) is 0. The predicted molar refractivity (Wildman–Crippen MR) is 104 cm³/mol. The predicted octanol–water partition coefficient (Wildman–Crippen LogP) is 3.29. The van der Waals surface area contributed by atoms with Gasteiger partial charge in [0.25, 0.3) is 5.69 Å². The second-order valence-electron chi connectivity index (χ2n) is 6.80. The first-order valence-electron chi connectivity index (χ1n) is 8.58. The quantitative estimate of drug-likeness (QED) is 0.398. The van der Waals surface area contributed by atoms with E-state index in [1.807, 2.05) is 11.5 Å². The number of benzene rings is 1. The van der Waals surface area contributed by atoms with Crippen LogP contribution in [0.1, 0.15) is 34.2 Å². The highest BCUT2D eigenvalue weighted by atomic mass is 35.5. The number of nitrogens with zero attached hydrogens (tertiary/aromatic N) is 2. The van der Waals surface area contributed by atoms with Crippen LogP contribution >= 0.6 is 11.6 Å². The molecule has 0 bridgehead atoms. The van der Waals surface area contributed by atoms with Gasteiger partial charge in [-0.05, 0) is 32.4 Å². The van der Waals surface area contributed by atoms with Crippen LogP contribution in [0.25, 0.3) is 0 Å². The maximum atomic E-state index is 12.6. The van der Waals surface area contributed by atoms with Crippen LogP contribution in [0.2, 0.25) is 5.02 Å². The molecule has 2 heterocycles. The van der Waals surface area contributed by atoms with Crippen molar-refractivity contribution in [3.05, 3.63) is 56.4 Å². The van der Waals surface area contributed by atoms with Crippen molar-refractivity contribution in [3.8, 4) is 5.75 Å². The number of nitro benzene ring substituents is 1. The normalized spacial score (nSPS) is 18.2. The molecule has 3 rings (SSSR count). The van der Waals surface area contributed by atoms with Crippen LogP contribution in [0.4, 0.5) is 5.69 Å². The minimum atomic E-state index is -3.04. The molecule has 1 aromatic heterocycles. The van der Waals surface area contributed by atoms with Gasteiger partial charge in [0.15, 0.2) is 16.4 Å². The third-order valence-corrected chi connectivity index (χ3v) is 6.89. The molecule has 0 radical (unpaired) electrons. The number of Topliss-reactive ketones (excluding diaryl/α,β-unsaturated/α-hetero) is 1. The largest absolute Gasteiger partial charge is 0.484 e. The smallest absolute Gasteiger partial charge is 0.271 e. The zero-order valence-corrected chi connectivity index (χ0v) is 16.9. The summed E-state index contributed by atoms with van der Waals surface area (Å²) in [4.78, 5) is 22.8. The highest BCUT2D eigenvalue weighted by molar-refractivity contribution is 7.91. The van der Waals surface area contributed by atoms with Gasteiger partial charge in [-0.3, -0.25) is 14.9 Å². The lowest BCUT2D eigenvalue weighted by molar-refractivity contribution is -0.384. The first-order chi connectivity index (χ1) is 13.1. The number of ketones is 1. The van der Waals surface area contributed by atoms with Crippen molar-refractivity contribution in [1.82, 2.24) is 4.57 Å². The molecule has 0 spiro atoms. The number of carbonyl (C=O) groups is 1. The van der Waals surface area contributed by atoms with Crippen LogP contribution in [0, 0.1) is 24.0 Å². The van der Waals surface area contributed by atoms with Crippen LogP contribution in [0.15, 0.2) is 24.3 Å². The fourth-order valence-electron chi connectivity index (χ4n) is 3.54. The van der Waals surface area contributed by atoms with E-state index >= 15 is 0 Å². The Morgan fingerprint density at radius 3 is 2.64 bits per heavy atom. The van der Waals surface area contributed by atoms with Crippen LogP contribution in [-0.2, 0) is 9.84 Å². The summed E-state index contributed by atoms with van der Waals surface area (Å²) in [7, 11) is -3.04. The van der Waals surface area contributed by atoms with Crippen LogP contribution in [0.3, 0.4) is 0 Å². The lowest BCUT2D eigenvalue weighted by Crippen LogP contribution is -2.16. The van der Waals surface area contributed by atoms with Gasteiger partial charge >= 0.3 is 0 Å². The summed E-state index contributed by atoms with van der Waals surface area (Å²) in [6.45, 7) is 3.33. The number of nitro groups is 1. The maximum absolute atomic E-state index is 12.6. The zero-order valence-electron chi connectivity index (χ0n) is 15.3. The fraction of sp³-hybridized carbons (Fsp3) is 0.389. The van der Waals surface area contributed by atoms with E-state index in [1.165, 1.54) is 12.1 Å². The maximum Gasteiger partial charge on any atom is 0.271 e. The summed E-state index contributed by atoms with van der Waals surface area (Å²) < 4.78 is 30.9. The SMILES string of the molecule is Cc1cc(C(=O)COc2ccc([N+](=O)[O-])cc2Cl)c(C)n1[C@@H]1CCS(=O)(=O)C1. The summed E-state index contributed by atoms with van der Waals surface area (Å²) >= 11 is 5.97. The molecule has 0 aliphatic carbocycles. The average Bonchev–Trinajstić information content (AvgIpc) is 3.11. The molecule has 2 aromatic rings. The Labute approximate surface area is 167 Å². The lowest BCUT2D eigenvalue weighted by atomic mass is 10.1. The molecule has 1 aromatic carbocycles. The van der Waals surface area contributed by atoms with E-state index in [2.05, 4.69) is 0 Å². The third kappa shape index (κ3) is 4.05. The standard InChI is InChI=1S/C18H19ClN2O6S/c1-11-7-15(12(2)20(11)14-5-6-28(25,26)10-14)17(22)9-27-18-4-3-13(21(23)24)8-16(18)19/h3-4,7-8,14H,5-6,9-10H2,1-2H3/t14-/m1/s1. The van der Waals surface area contributed by atoms with Crippen LogP contribution < -0.4 is 4.74 Å². The molecule has 28 heavy (non-hydrogen) atoms. The number of aryl methyl sites for hydroxylation is 1. The fourth-order valence-corrected chi connectivity index (χ4v) is 5.47. The zero-order chi connectivity index (χ0) is 20.6. The summed E-state index contributed by atoms with van der Waals surface area (Å²) in [5, 5.41) is 10.8. The van der Waals surface area contributed by atoms with Crippen molar-refractivity contribution >= 4 is 32.9 Å². The Bertz CT molecular complexity index is 1060. The summed E-state index contributed by atoms with van der Waals surface area (Å²) in [6.07, 6.45) is 0.529. The van der Waals surface area contributed by atoms with Gasteiger partial charge in [0.2, 0.25) is 5.78 Å². The summed E-state index contributed by atoms with van der Waals surface area (Å²) in [5.41, 5.74) is 1.80. The number of halogens is 1. The Hall–Kier alpha value is -2.39. The van der Waals surface area contributed by atoms with Gasteiger partial charge in [-0.25, -0.2) is 8.42 Å². The van der Waals surface area contributed by atoms with Crippen molar-refractivity contribution in [2.24, 2.45) is 0 Å². The molecule has 8 nitrogen and oxygen atoms in total. The van der Waals surface area contributed by atoms with E-state index in [9.17, 15) is 23.3 Å². The number of aromatic nitrogens is 1. The lowest BCUT2D eigenvalue weighted by Gasteiger charge is -2.16. The van der Waals surface area contributed by atoms with Gasteiger partial charge in [0, 0.05) is 35.1 Å². The molecule has 1 fully saturated rings. The summed E-state index contributed by atoms with van der Waals surface area (Å²) in [6, 6.07) is 5.31. The molecule has 0 unspecified atom stereocenters. The number of rotatable bonds is 6. The molecule has 10 heteroatoms. The summed E-state index contributed by atoms with van der Waals surface area (Å²) in [5.74, 6) is 0.122. The molecule has 1 saturated heterocycles. The van der Waals surface area contributed by atoms with Crippen LogP contribution in [-0.4, -0.2) is 41.8 Å². The molecule has 0 amide bonds. The van der Waals surface area contributed by atoms with Crippen LogP contribution in [0.5, 0.6) is 5.75 Å². The molecular formula is C18H19ClN2O6S. The van der Waals surface area contributed by atoms with E-state index in [0.29, 0.717) is 17.7 Å².